The van der Waals surface area contributed by atoms with Gasteiger partial charge in [-0.2, -0.15) is 0 Å². The van der Waals surface area contributed by atoms with E-state index in [1.54, 1.807) is 0 Å². The summed E-state index contributed by atoms with van der Waals surface area (Å²) in [6.07, 6.45) is 2.24. The molecule has 0 amide bonds. The van der Waals surface area contributed by atoms with Crippen molar-refractivity contribution in [2.75, 3.05) is 13.1 Å². The molecule has 0 bridgehead atoms. The predicted octanol–water partition coefficient (Wildman–Crippen LogP) is 3.00. The molecule has 108 valence electrons. The van der Waals surface area contributed by atoms with Crippen molar-refractivity contribution >= 4 is 0 Å². The topological polar surface area (TPSA) is 38.0 Å². The zero-order valence-electron chi connectivity index (χ0n) is 12.9. The lowest BCUT2D eigenvalue weighted by molar-refractivity contribution is 0.409. The third-order valence-corrected chi connectivity index (χ3v) is 3.55. The maximum Gasteiger partial charge on any atom is 0.0213 e. The second-order valence-corrected chi connectivity index (χ2v) is 6.20. The second-order valence-electron chi connectivity index (χ2n) is 6.20. The molecule has 0 aliphatic heterocycles. The number of benzene rings is 1. The first-order valence-electron chi connectivity index (χ1n) is 7.54. The Hall–Kier alpha value is -0.860. The van der Waals surface area contributed by atoms with Crippen LogP contribution in [0.25, 0.3) is 0 Å². The summed E-state index contributed by atoms with van der Waals surface area (Å²) in [6, 6.07) is 9.47. The molecule has 1 unspecified atom stereocenters. The van der Waals surface area contributed by atoms with Gasteiger partial charge in [0, 0.05) is 12.6 Å². The summed E-state index contributed by atoms with van der Waals surface area (Å²) in [6.45, 7) is 10.7. The van der Waals surface area contributed by atoms with E-state index in [0.717, 1.165) is 18.9 Å². The third kappa shape index (κ3) is 6.22. The van der Waals surface area contributed by atoms with Crippen molar-refractivity contribution < 1.29 is 0 Å². The molecule has 0 aromatic heterocycles. The molecule has 1 rings (SSSR count). The van der Waals surface area contributed by atoms with E-state index in [0.29, 0.717) is 18.5 Å². The molecule has 0 heterocycles. The van der Waals surface area contributed by atoms with Gasteiger partial charge in [-0.15, -0.1) is 0 Å². The minimum Gasteiger partial charge on any atom is -0.329 e. The molecule has 0 saturated carbocycles. The molecule has 3 N–H and O–H groups in total. The largest absolute Gasteiger partial charge is 0.329 e. The predicted molar refractivity (Wildman–Crippen MR) is 84.4 cm³/mol. The summed E-state index contributed by atoms with van der Waals surface area (Å²) < 4.78 is 0. The Kier molecular flexibility index (Phi) is 7.11. The molecule has 0 aliphatic rings. The van der Waals surface area contributed by atoms with E-state index in [4.69, 9.17) is 5.73 Å². The van der Waals surface area contributed by atoms with Crippen LogP contribution in [0.15, 0.2) is 24.3 Å². The summed E-state index contributed by atoms with van der Waals surface area (Å²) in [4.78, 5) is 0. The van der Waals surface area contributed by atoms with E-state index in [-0.39, 0.29) is 0 Å². The van der Waals surface area contributed by atoms with Crippen LogP contribution in [-0.4, -0.2) is 19.1 Å². The molecule has 0 aliphatic carbocycles. The molecule has 0 saturated heterocycles. The quantitative estimate of drug-likeness (QED) is 0.756. The molecular weight excluding hydrogens is 232 g/mol. The highest BCUT2D eigenvalue weighted by Gasteiger charge is 2.09. The Morgan fingerprint density at radius 3 is 2.05 bits per heavy atom. The highest BCUT2D eigenvalue weighted by molar-refractivity contribution is 5.23. The van der Waals surface area contributed by atoms with E-state index in [1.807, 2.05) is 0 Å². The fourth-order valence-electron chi connectivity index (χ4n) is 2.31. The van der Waals surface area contributed by atoms with Crippen molar-refractivity contribution in [3.05, 3.63) is 35.4 Å². The van der Waals surface area contributed by atoms with Crippen LogP contribution in [0.2, 0.25) is 0 Å². The molecule has 0 fully saturated rings. The Morgan fingerprint density at radius 1 is 1.00 bits per heavy atom. The van der Waals surface area contributed by atoms with Crippen LogP contribution >= 0.6 is 0 Å². The van der Waals surface area contributed by atoms with Gasteiger partial charge in [-0.25, -0.2) is 0 Å². The Bertz CT molecular complexity index is 341. The van der Waals surface area contributed by atoms with Crippen molar-refractivity contribution in [1.82, 2.24) is 5.32 Å². The van der Waals surface area contributed by atoms with Crippen LogP contribution in [0, 0.1) is 11.8 Å². The average Bonchev–Trinajstić information content (AvgIpc) is 2.35. The number of nitrogens with one attached hydrogen (secondary N) is 1. The van der Waals surface area contributed by atoms with Crippen LogP contribution < -0.4 is 11.1 Å². The second kappa shape index (κ2) is 8.34. The monoisotopic (exact) mass is 262 g/mol. The van der Waals surface area contributed by atoms with Crippen molar-refractivity contribution in [3.63, 3.8) is 0 Å². The van der Waals surface area contributed by atoms with E-state index in [2.05, 4.69) is 57.3 Å². The van der Waals surface area contributed by atoms with Crippen LogP contribution in [-0.2, 0) is 12.8 Å². The van der Waals surface area contributed by atoms with Gasteiger partial charge in [-0.3, -0.25) is 0 Å². The molecule has 1 atom stereocenters. The maximum absolute atomic E-state index is 5.76. The summed E-state index contributed by atoms with van der Waals surface area (Å²) in [5, 5.41) is 3.54. The number of nitrogens with two attached hydrogens (primary N) is 1. The zero-order valence-corrected chi connectivity index (χ0v) is 12.9. The molecule has 19 heavy (non-hydrogen) atoms. The van der Waals surface area contributed by atoms with Gasteiger partial charge < -0.3 is 11.1 Å². The van der Waals surface area contributed by atoms with Crippen molar-refractivity contribution in [2.45, 2.75) is 46.6 Å². The normalized spacial score (nSPS) is 13.2. The van der Waals surface area contributed by atoms with Gasteiger partial charge in [0.15, 0.2) is 0 Å². The minimum absolute atomic E-state index is 0.431. The zero-order chi connectivity index (χ0) is 14.3. The molecular formula is C17H30N2. The lowest BCUT2D eigenvalue weighted by atomic mass is 10.0. The Labute approximate surface area is 118 Å². The fraction of sp³-hybridized carbons (Fsp3) is 0.647. The SMILES string of the molecule is CC(C)Cc1ccc(CCNC(CN)C(C)C)cc1. The summed E-state index contributed by atoms with van der Waals surface area (Å²) in [5.74, 6) is 1.32. The van der Waals surface area contributed by atoms with E-state index >= 15 is 0 Å². The smallest absolute Gasteiger partial charge is 0.0213 e. The standard InChI is InChI=1S/C17H30N2/c1-13(2)11-16-7-5-15(6-8-16)9-10-19-17(12-18)14(3)4/h5-8,13-14,17,19H,9-12,18H2,1-4H3. The Balaban J connectivity index is 2.37. The summed E-state index contributed by atoms with van der Waals surface area (Å²) in [7, 11) is 0. The molecule has 0 radical (unpaired) electrons. The summed E-state index contributed by atoms with van der Waals surface area (Å²) in [5.41, 5.74) is 8.60. The van der Waals surface area contributed by atoms with Crippen LogP contribution in [0.4, 0.5) is 0 Å². The average molecular weight is 262 g/mol. The van der Waals surface area contributed by atoms with Gasteiger partial charge >= 0.3 is 0 Å². The van der Waals surface area contributed by atoms with Crippen LogP contribution in [0.1, 0.15) is 38.8 Å². The van der Waals surface area contributed by atoms with Crippen molar-refractivity contribution in [3.8, 4) is 0 Å². The van der Waals surface area contributed by atoms with Gasteiger partial charge in [0.05, 0.1) is 0 Å². The van der Waals surface area contributed by atoms with E-state index < -0.39 is 0 Å². The van der Waals surface area contributed by atoms with Crippen LogP contribution in [0.5, 0.6) is 0 Å². The molecule has 1 aromatic carbocycles. The van der Waals surface area contributed by atoms with Gasteiger partial charge in [0.25, 0.3) is 0 Å². The third-order valence-electron chi connectivity index (χ3n) is 3.55. The van der Waals surface area contributed by atoms with Gasteiger partial charge in [-0.05, 0) is 42.3 Å². The maximum atomic E-state index is 5.76. The first kappa shape index (κ1) is 16.2. The van der Waals surface area contributed by atoms with E-state index in [1.165, 1.54) is 17.5 Å². The molecule has 1 aromatic rings. The molecule has 2 nitrogen and oxygen atoms in total. The van der Waals surface area contributed by atoms with Crippen molar-refractivity contribution in [2.24, 2.45) is 17.6 Å². The first-order valence-corrected chi connectivity index (χ1v) is 7.54. The van der Waals surface area contributed by atoms with Gasteiger partial charge in [0.2, 0.25) is 0 Å². The van der Waals surface area contributed by atoms with Crippen LogP contribution in [0.3, 0.4) is 0 Å². The Morgan fingerprint density at radius 2 is 1.58 bits per heavy atom. The van der Waals surface area contributed by atoms with Gasteiger partial charge in [-0.1, -0.05) is 52.0 Å². The lowest BCUT2D eigenvalue weighted by Gasteiger charge is -2.20. The summed E-state index contributed by atoms with van der Waals surface area (Å²) >= 11 is 0. The highest BCUT2D eigenvalue weighted by atomic mass is 14.9. The number of hydrogen-bond acceptors (Lipinski definition) is 2. The molecule has 2 heteroatoms. The lowest BCUT2D eigenvalue weighted by Crippen LogP contribution is -2.41. The molecule has 0 spiro atoms. The number of hydrogen-bond donors (Lipinski definition) is 2. The van der Waals surface area contributed by atoms with E-state index in [9.17, 15) is 0 Å². The first-order chi connectivity index (χ1) is 9.02. The van der Waals surface area contributed by atoms with Gasteiger partial charge in [0.1, 0.15) is 0 Å². The highest BCUT2D eigenvalue weighted by Crippen LogP contribution is 2.10. The minimum atomic E-state index is 0.431. The fourth-order valence-corrected chi connectivity index (χ4v) is 2.31. The van der Waals surface area contributed by atoms with Crippen molar-refractivity contribution in [1.29, 1.82) is 0 Å². The number of rotatable bonds is 8.